The second kappa shape index (κ2) is 8.23. The summed E-state index contributed by atoms with van der Waals surface area (Å²) in [5, 5.41) is 6.73. The fourth-order valence-electron chi connectivity index (χ4n) is 3.27. The number of hydrogen-bond donors (Lipinski definition) is 1. The van der Waals surface area contributed by atoms with Crippen LogP contribution in [0.2, 0.25) is 10.0 Å². The van der Waals surface area contributed by atoms with Crippen LogP contribution >= 0.6 is 50.9 Å². The summed E-state index contributed by atoms with van der Waals surface area (Å²) >= 11 is 17.9. The molecule has 156 valence electrons. The Hall–Kier alpha value is -1.47. The van der Waals surface area contributed by atoms with Crippen LogP contribution in [0.25, 0.3) is 17.1 Å². The molecule has 30 heavy (non-hydrogen) atoms. The molecule has 4 nitrogen and oxygen atoms in total. The van der Waals surface area contributed by atoms with Gasteiger partial charge in [0.25, 0.3) is 0 Å². The molecule has 1 aliphatic heterocycles. The third kappa shape index (κ3) is 4.15. The molecule has 0 saturated carbocycles. The largest absolute Gasteiger partial charge is 0.297 e. The molecule has 2 aromatic carbocycles. The third-order valence-electron chi connectivity index (χ3n) is 4.80. The SMILES string of the molecule is Cc1c(C2NN=C(C(C)(C)C)S2)nc(-c2ccc(Cl)cc2Cl)n1-c1ccc(Br)cc1. The normalized spacial score (nSPS) is 16.5. The van der Waals surface area contributed by atoms with Gasteiger partial charge in [0, 0.05) is 31.9 Å². The number of halogens is 3. The first-order valence-corrected chi connectivity index (χ1v) is 11.9. The lowest BCUT2D eigenvalue weighted by atomic mass is 9.99. The standard InChI is InChI=1S/C22H21BrCl2N4S/c1-12-18(20-27-28-21(30-20)22(2,3)4)26-19(16-10-7-14(24)11-17(16)25)29(12)15-8-5-13(23)6-9-15/h5-11,20,27H,1-4H3. The van der Waals surface area contributed by atoms with E-state index in [2.05, 4.69) is 70.9 Å². The molecule has 0 saturated heterocycles. The predicted octanol–water partition coefficient (Wildman–Crippen LogP) is 7.61. The average molecular weight is 524 g/mol. The lowest BCUT2D eigenvalue weighted by molar-refractivity contribution is 0.595. The van der Waals surface area contributed by atoms with Crippen molar-refractivity contribution in [2.24, 2.45) is 10.5 Å². The second-order valence-electron chi connectivity index (χ2n) is 8.14. The molecule has 1 atom stereocenters. The van der Waals surface area contributed by atoms with Crippen LogP contribution in [0.3, 0.4) is 0 Å². The Morgan fingerprint density at radius 1 is 1.10 bits per heavy atom. The molecule has 0 amide bonds. The Labute approximate surface area is 199 Å². The molecule has 1 aromatic heterocycles. The summed E-state index contributed by atoms with van der Waals surface area (Å²) in [6.45, 7) is 8.56. The lowest BCUT2D eigenvalue weighted by Crippen LogP contribution is -2.15. The maximum atomic E-state index is 6.56. The highest BCUT2D eigenvalue weighted by molar-refractivity contribution is 9.10. The highest BCUT2D eigenvalue weighted by Gasteiger charge is 2.33. The summed E-state index contributed by atoms with van der Waals surface area (Å²) in [7, 11) is 0. The first kappa shape index (κ1) is 21.8. The quantitative estimate of drug-likeness (QED) is 0.384. The van der Waals surface area contributed by atoms with Gasteiger partial charge in [-0.25, -0.2) is 4.98 Å². The second-order valence-corrected chi connectivity index (χ2v) is 11.0. The molecule has 0 spiro atoms. The van der Waals surface area contributed by atoms with E-state index in [1.807, 2.05) is 24.3 Å². The van der Waals surface area contributed by atoms with Crippen molar-refractivity contribution in [2.45, 2.75) is 33.1 Å². The Morgan fingerprint density at radius 3 is 2.40 bits per heavy atom. The Morgan fingerprint density at radius 2 is 1.80 bits per heavy atom. The number of rotatable bonds is 3. The van der Waals surface area contributed by atoms with Gasteiger partial charge < -0.3 is 0 Å². The number of thioether (sulfide) groups is 1. The van der Waals surface area contributed by atoms with E-state index in [1.54, 1.807) is 17.8 Å². The lowest BCUT2D eigenvalue weighted by Gasteiger charge is -2.17. The van der Waals surface area contributed by atoms with E-state index in [0.717, 1.165) is 38.0 Å². The molecule has 0 aliphatic carbocycles. The summed E-state index contributed by atoms with van der Waals surface area (Å²) in [6, 6.07) is 13.7. The molecule has 1 unspecified atom stereocenters. The van der Waals surface area contributed by atoms with Crippen molar-refractivity contribution >= 4 is 55.9 Å². The summed E-state index contributed by atoms with van der Waals surface area (Å²) in [5.74, 6) is 0.776. The van der Waals surface area contributed by atoms with Gasteiger partial charge in [0.05, 0.1) is 10.7 Å². The van der Waals surface area contributed by atoms with Gasteiger partial charge in [-0.3, -0.25) is 9.99 Å². The van der Waals surface area contributed by atoms with E-state index >= 15 is 0 Å². The van der Waals surface area contributed by atoms with E-state index in [1.165, 1.54) is 0 Å². The maximum absolute atomic E-state index is 6.56. The molecule has 4 rings (SSSR count). The van der Waals surface area contributed by atoms with Crippen LogP contribution < -0.4 is 5.43 Å². The minimum Gasteiger partial charge on any atom is -0.297 e. The number of imidazole rings is 1. The summed E-state index contributed by atoms with van der Waals surface area (Å²) in [4.78, 5) is 5.03. The van der Waals surface area contributed by atoms with Crippen molar-refractivity contribution in [2.75, 3.05) is 0 Å². The average Bonchev–Trinajstić information content (AvgIpc) is 3.28. The minimum atomic E-state index is -0.0549. The molecule has 0 fully saturated rings. The van der Waals surface area contributed by atoms with Gasteiger partial charge in [0.2, 0.25) is 0 Å². The molecule has 0 radical (unpaired) electrons. The van der Waals surface area contributed by atoms with Gasteiger partial charge in [-0.15, -0.1) is 0 Å². The third-order valence-corrected chi connectivity index (χ3v) is 7.37. The smallest absolute Gasteiger partial charge is 0.146 e. The predicted molar refractivity (Wildman–Crippen MR) is 132 cm³/mol. The molecule has 1 aliphatic rings. The van der Waals surface area contributed by atoms with Crippen LogP contribution in [0.4, 0.5) is 0 Å². The van der Waals surface area contributed by atoms with Gasteiger partial charge in [-0.05, 0) is 49.4 Å². The molecule has 8 heteroatoms. The zero-order valence-corrected chi connectivity index (χ0v) is 20.9. The zero-order valence-electron chi connectivity index (χ0n) is 17.0. The van der Waals surface area contributed by atoms with Crippen molar-refractivity contribution < 1.29 is 0 Å². The number of nitrogens with zero attached hydrogens (tertiary/aromatic N) is 3. The van der Waals surface area contributed by atoms with Gasteiger partial charge in [-0.1, -0.05) is 71.7 Å². The zero-order chi connectivity index (χ0) is 21.6. The van der Waals surface area contributed by atoms with Crippen LogP contribution in [-0.4, -0.2) is 14.6 Å². The van der Waals surface area contributed by atoms with Crippen molar-refractivity contribution in [1.82, 2.24) is 15.0 Å². The van der Waals surface area contributed by atoms with E-state index in [0.29, 0.717) is 10.0 Å². The Bertz CT molecular complexity index is 1130. The summed E-state index contributed by atoms with van der Waals surface area (Å²) in [6.07, 6.45) is 0. The molecule has 1 N–H and O–H groups in total. The number of nitrogens with one attached hydrogen (secondary N) is 1. The highest BCUT2D eigenvalue weighted by Crippen LogP contribution is 2.41. The van der Waals surface area contributed by atoms with Crippen molar-refractivity contribution in [1.29, 1.82) is 0 Å². The van der Waals surface area contributed by atoms with Crippen molar-refractivity contribution in [3.8, 4) is 17.1 Å². The van der Waals surface area contributed by atoms with Gasteiger partial charge in [0.15, 0.2) is 0 Å². The molecular formula is C22H21BrCl2N4S. The first-order valence-electron chi connectivity index (χ1n) is 9.46. The van der Waals surface area contributed by atoms with E-state index < -0.39 is 0 Å². The van der Waals surface area contributed by atoms with E-state index in [9.17, 15) is 0 Å². The number of hydrogen-bond acceptors (Lipinski definition) is 4. The van der Waals surface area contributed by atoms with Crippen LogP contribution in [0.1, 0.15) is 37.5 Å². The minimum absolute atomic E-state index is 0.0170. The van der Waals surface area contributed by atoms with Gasteiger partial charge in [-0.2, -0.15) is 5.10 Å². The van der Waals surface area contributed by atoms with Crippen LogP contribution in [0.15, 0.2) is 52.0 Å². The molecular weight excluding hydrogens is 503 g/mol. The fourth-order valence-corrected chi connectivity index (χ4v) is 5.15. The van der Waals surface area contributed by atoms with E-state index in [4.69, 9.17) is 28.2 Å². The summed E-state index contributed by atoms with van der Waals surface area (Å²) in [5.41, 5.74) is 7.06. The first-order chi connectivity index (χ1) is 14.1. The monoisotopic (exact) mass is 522 g/mol. The molecule has 0 bridgehead atoms. The Balaban J connectivity index is 1.85. The van der Waals surface area contributed by atoms with Crippen LogP contribution in [-0.2, 0) is 0 Å². The topological polar surface area (TPSA) is 42.2 Å². The van der Waals surface area contributed by atoms with Gasteiger partial charge in [0.1, 0.15) is 16.2 Å². The van der Waals surface area contributed by atoms with Crippen LogP contribution in [0, 0.1) is 12.3 Å². The van der Waals surface area contributed by atoms with Gasteiger partial charge >= 0.3 is 0 Å². The molecule has 2 heterocycles. The number of benzene rings is 2. The molecule has 3 aromatic rings. The summed E-state index contributed by atoms with van der Waals surface area (Å²) < 4.78 is 3.15. The number of aromatic nitrogens is 2. The highest BCUT2D eigenvalue weighted by atomic mass is 79.9. The maximum Gasteiger partial charge on any atom is 0.146 e. The van der Waals surface area contributed by atoms with Crippen molar-refractivity contribution in [3.63, 3.8) is 0 Å². The Kier molecular flexibility index (Phi) is 5.96. The number of hydrazone groups is 1. The van der Waals surface area contributed by atoms with Crippen LogP contribution in [0.5, 0.6) is 0 Å². The van der Waals surface area contributed by atoms with Crippen molar-refractivity contribution in [3.05, 3.63) is 68.4 Å². The van der Waals surface area contributed by atoms with E-state index in [-0.39, 0.29) is 10.8 Å². The fraction of sp³-hybridized carbons (Fsp3) is 0.273.